The molecule has 1 aliphatic heterocycles. The number of hydrogen-bond acceptors (Lipinski definition) is 2. The van der Waals surface area contributed by atoms with Crippen molar-refractivity contribution in [2.24, 2.45) is 5.92 Å². The number of halogens is 3. The largest absolute Gasteiger partial charge is 0.324 e. The molecule has 1 atom stereocenters. The number of benzene rings is 2. The van der Waals surface area contributed by atoms with Gasteiger partial charge in [0.25, 0.3) is 0 Å². The molecule has 0 aromatic heterocycles. The van der Waals surface area contributed by atoms with Crippen LogP contribution < -0.4 is 5.32 Å². The molecule has 0 bridgehead atoms. The molecule has 132 valence electrons. The Balaban J connectivity index is 1.61. The minimum Gasteiger partial charge on any atom is -0.324 e. The number of anilines is 1. The Morgan fingerprint density at radius 1 is 1.20 bits per heavy atom. The molecule has 2 aromatic rings. The number of hydrogen-bond donors (Lipinski definition) is 1. The molecule has 1 aliphatic rings. The van der Waals surface area contributed by atoms with Crippen molar-refractivity contribution in [3.8, 4) is 0 Å². The van der Waals surface area contributed by atoms with Gasteiger partial charge in [0.05, 0.1) is 16.6 Å². The van der Waals surface area contributed by atoms with Crippen LogP contribution in [0.25, 0.3) is 0 Å². The SMILES string of the molecule is O=C(Nc1cc(Cl)ccc1Cl)[C@@H]1CCCN(Cc2ccc(F)cc2)C1. The monoisotopic (exact) mass is 380 g/mol. The van der Waals surface area contributed by atoms with Crippen LogP contribution in [-0.4, -0.2) is 23.9 Å². The first-order chi connectivity index (χ1) is 12.0. The maximum Gasteiger partial charge on any atom is 0.228 e. The minimum absolute atomic E-state index is 0.0482. The van der Waals surface area contributed by atoms with Crippen molar-refractivity contribution in [3.63, 3.8) is 0 Å². The van der Waals surface area contributed by atoms with Crippen molar-refractivity contribution >= 4 is 34.8 Å². The van der Waals surface area contributed by atoms with E-state index in [9.17, 15) is 9.18 Å². The van der Waals surface area contributed by atoms with Crippen LogP contribution in [0.2, 0.25) is 10.0 Å². The van der Waals surface area contributed by atoms with Gasteiger partial charge < -0.3 is 5.32 Å². The van der Waals surface area contributed by atoms with Crippen LogP contribution in [0.3, 0.4) is 0 Å². The average Bonchev–Trinajstić information content (AvgIpc) is 2.60. The average molecular weight is 381 g/mol. The zero-order valence-corrected chi connectivity index (χ0v) is 15.2. The Morgan fingerprint density at radius 2 is 1.96 bits per heavy atom. The van der Waals surface area contributed by atoms with Gasteiger partial charge in [-0.1, -0.05) is 35.3 Å². The molecular weight excluding hydrogens is 362 g/mol. The van der Waals surface area contributed by atoms with Crippen molar-refractivity contribution in [1.29, 1.82) is 0 Å². The van der Waals surface area contributed by atoms with Crippen LogP contribution in [0.1, 0.15) is 18.4 Å². The number of nitrogens with zero attached hydrogens (tertiary/aromatic N) is 1. The lowest BCUT2D eigenvalue weighted by Gasteiger charge is -2.32. The van der Waals surface area contributed by atoms with Gasteiger partial charge in [0, 0.05) is 18.1 Å². The van der Waals surface area contributed by atoms with Crippen molar-refractivity contribution in [1.82, 2.24) is 4.90 Å². The summed E-state index contributed by atoms with van der Waals surface area (Å²) in [5, 5.41) is 3.88. The Hall–Kier alpha value is -1.62. The second-order valence-electron chi connectivity index (χ2n) is 6.31. The van der Waals surface area contributed by atoms with E-state index in [0.29, 0.717) is 28.8 Å². The number of likely N-dealkylation sites (tertiary alicyclic amines) is 1. The number of piperidine rings is 1. The van der Waals surface area contributed by atoms with Crippen LogP contribution in [-0.2, 0) is 11.3 Å². The Bertz CT molecular complexity index is 752. The van der Waals surface area contributed by atoms with Crippen LogP contribution in [0.15, 0.2) is 42.5 Å². The molecule has 2 aromatic carbocycles. The molecule has 0 saturated carbocycles. The third kappa shape index (κ3) is 4.94. The standard InChI is InChI=1S/C19H19Cl2FN2O/c20-15-5-8-17(21)18(10-15)23-19(25)14-2-1-9-24(12-14)11-13-3-6-16(22)7-4-13/h3-8,10,14H,1-2,9,11-12H2,(H,23,25)/t14-/m1/s1. The van der Waals surface area contributed by atoms with Gasteiger partial charge >= 0.3 is 0 Å². The van der Waals surface area contributed by atoms with E-state index in [1.165, 1.54) is 12.1 Å². The molecule has 6 heteroatoms. The fraction of sp³-hybridized carbons (Fsp3) is 0.316. The summed E-state index contributed by atoms with van der Waals surface area (Å²) in [7, 11) is 0. The quantitative estimate of drug-likeness (QED) is 0.810. The number of nitrogens with one attached hydrogen (secondary N) is 1. The van der Waals surface area contributed by atoms with Gasteiger partial charge in [-0.3, -0.25) is 9.69 Å². The lowest BCUT2D eigenvalue weighted by molar-refractivity contribution is -0.121. The maximum absolute atomic E-state index is 13.0. The van der Waals surface area contributed by atoms with E-state index in [0.717, 1.165) is 24.9 Å². The predicted octanol–water partition coefficient (Wildman–Crippen LogP) is 4.98. The fourth-order valence-corrected chi connectivity index (χ4v) is 3.43. The zero-order valence-electron chi connectivity index (χ0n) is 13.6. The molecule has 1 N–H and O–H groups in total. The van der Waals surface area contributed by atoms with E-state index in [2.05, 4.69) is 10.2 Å². The first-order valence-corrected chi connectivity index (χ1v) is 8.99. The fourth-order valence-electron chi connectivity index (χ4n) is 3.09. The van der Waals surface area contributed by atoms with Gasteiger partial charge in [0.15, 0.2) is 0 Å². The second kappa shape index (κ2) is 8.17. The number of carbonyl (C=O) groups is 1. The highest BCUT2D eigenvalue weighted by atomic mass is 35.5. The normalized spacial score (nSPS) is 18.1. The van der Waals surface area contributed by atoms with E-state index < -0.39 is 0 Å². The van der Waals surface area contributed by atoms with Gasteiger partial charge in [-0.25, -0.2) is 4.39 Å². The summed E-state index contributed by atoms with van der Waals surface area (Å²) < 4.78 is 13.0. The van der Waals surface area contributed by atoms with Crippen LogP contribution >= 0.6 is 23.2 Å². The summed E-state index contributed by atoms with van der Waals surface area (Å²) in [6, 6.07) is 11.5. The van der Waals surface area contributed by atoms with Crippen LogP contribution in [0, 0.1) is 11.7 Å². The zero-order chi connectivity index (χ0) is 17.8. The van der Waals surface area contributed by atoms with E-state index in [4.69, 9.17) is 23.2 Å². The molecule has 1 amide bonds. The number of carbonyl (C=O) groups excluding carboxylic acids is 1. The van der Waals surface area contributed by atoms with Crippen molar-refractivity contribution in [3.05, 3.63) is 63.9 Å². The van der Waals surface area contributed by atoms with Crippen molar-refractivity contribution in [2.75, 3.05) is 18.4 Å². The Morgan fingerprint density at radius 3 is 2.72 bits per heavy atom. The number of rotatable bonds is 4. The number of amides is 1. The molecule has 3 nitrogen and oxygen atoms in total. The van der Waals surface area contributed by atoms with Gasteiger partial charge in [-0.05, 0) is 55.3 Å². The first-order valence-electron chi connectivity index (χ1n) is 8.24. The molecular formula is C19H19Cl2FN2O. The highest BCUT2D eigenvalue weighted by Gasteiger charge is 2.26. The lowest BCUT2D eigenvalue weighted by Crippen LogP contribution is -2.40. The summed E-state index contributed by atoms with van der Waals surface area (Å²) in [6.07, 6.45) is 1.78. The maximum atomic E-state index is 13.0. The Labute approximate surface area is 156 Å². The topological polar surface area (TPSA) is 32.3 Å². The third-order valence-corrected chi connectivity index (χ3v) is 4.95. The predicted molar refractivity (Wildman–Crippen MR) is 99.5 cm³/mol. The molecule has 0 unspecified atom stereocenters. The smallest absolute Gasteiger partial charge is 0.228 e. The van der Waals surface area contributed by atoms with E-state index in [1.54, 1.807) is 30.3 Å². The third-order valence-electron chi connectivity index (χ3n) is 4.38. The van der Waals surface area contributed by atoms with Gasteiger partial charge in [-0.2, -0.15) is 0 Å². The molecule has 1 saturated heterocycles. The van der Waals surface area contributed by atoms with Gasteiger partial charge in [0.1, 0.15) is 5.82 Å². The molecule has 0 aliphatic carbocycles. The van der Waals surface area contributed by atoms with Gasteiger partial charge in [-0.15, -0.1) is 0 Å². The van der Waals surface area contributed by atoms with Crippen LogP contribution in [0.5, 0.6) is 0 Å². The van der Waals surface area contributed by atoms with E-state index in [1.807, 2.05) is 0 Å². The highest BCUT2D eigenvalue weighted by Crippen LogP contribution is 2.27. The molecule has 0 spiro atoms. The second-order valence-corrected chi connectivity index (χ2v) is 7.16. The molecule has 25 heavy (non-hydrogen) atoms. The highest BCUT2D eigenvalue weighted by molar-refractivity contribution is 6.35. The van der Waals surface area contributed by atoms with Crippen molar-refractivity contribution < 1.29 is 9.18 Å². The Kier molecular flexibility index (Phi) is 5.94. The lowest BCUT2D eigenvalue weighted by atomic mass is 9.96. The van der Waals surface area contributed by atoms with Crippen LogP contribution in [0.4, 0.5) is 10.1 Å². The van der Waals surface area contributed by atoms with E-state index >= 15 is 0 Å². The summed E-state index contributed by atoms with van der Waals surface area (Å²) in [4.78, 5) is 14.8. The summed E-state index contributed by atoms with van der Waals surface area (Å²) in [5.74, 6) is -0.393. The molecule has 3 rings (SSSR count). The first kappa shape index (κ1) is 18.2. The molecule has 1 fully saturated rings. The molecule has 1 heterocycles. The minimum atomic E-state index is -0.238. The molecule has 0 radical (unpaired) electrons. The summed E-state index contributed by atoms with van der Waals surface area (Å²) in [5.41, 5.74) is 1.58. The summed E-state index contributed by atoms with van der Waals surface area (Å²) in [6.45, 7) is 2.31. The van der Waals surface area contributed by atoms with E-state index in [-0.39, 0.29) is 17.6 Å². The summed E-state index contributed by atoms with van der Waals surface area (Å²) >= 11 is 12.1. The van der Waals surface area contributed by atoms with Crippen molar-refractivity contribution in [2.45, 2.75) is 19.4 Å². The van der Waals surface area contributed by atoms with Gasteiger partial charge in [0.2, 0.25) is 5.91 Å².